The van der Waals surface area contributed by atoms with Crippen LogP contribution < -0.4 is 0 Å². The number of carbonyl (C=O) groups is 2. The molecule has 0 amide bonds. The Morgan fingerprint density at radius 1 is 1.00 bits per heavy atom. The lowest BCUT2D eigenvalue weighted by molar-refractivity contribution is 0.0901. The Bertz CT molecular complexity index is 569. The standard InChI is InChI=1S/C12H10O5/c1-5-10(15)8-6(13)3-4-7(14)9(8)11(16)12(5)17-2/h3-4,13-14H,1-2H3. The fourth-order valence-corrected chi connectivity index (χ4v) is 1.86. The maximum atomic E-state index is 12.0. The van der Waals surface area contributed by atoms with Crippen LogP contribution in [0.4, 0.5) is 0 Å². The molecule has 0 fully saturated rings. The zero-order valence-electron chi connectivity index (χ0n) is 9.27. The molecule has 0 saturated heterocycles. The Kier molecular flexibility index (Phi) is 2.38. The van der Waals surface area contributed by atoms with Gasteiger partial charge in [0.15, 0.2) is 11.5 Å². The average Bonchev–Trinajstić information content (AvgIpc) is 2.30. The number of allylic oxidation sites excluding steroid dienone is 2. The molecule has 0 bridgehead atoms. The maximum Gasteiger partial charge on any atom is 0.232 e. The number of benzene rings is 1. The van der Waals surface area contributed by atoms with Crippen molar-refractivity contribution in [2.45, 2.75) is 6.92 Å². The monoisotopic (exact) mass is 234 g/mol. The smallest absolute Gasteiger partial charge is 0.232 e. The summed E-state index contributed by atoms with van der Waals surface area (Å²) in [5.41, 5.74) is -0.267. The summed E-state index contributed by atoms with van der Waals surface area (Å²) >= 11 is 0. The van der Waals surface area contributed by atoms with E-state index in [1.807, 2.05) is 0 Å². The summed E-state index contributed by atoms with van der Waals surface area (Å²) in [6, 6.07) is 2.33. The summed E-state index contributed by atoms with van der Waals surface area (Å²) in [6.45, 7) is 1.44. The molecule has 2 N–H and O–H groups in total. The van der Waals surface area contributed by atoms with E-state index in [-0.39, 0.29) is 34.0 Å². The number of phenolic OH excluding ortho intramolecular Hbond substituents is 2. The normalized spacial score (nSPS) is 14.9. The molecule has 17 heavy (non-hydrogen) atoms. The van der Waals surface area contributed by atoms with Gasteiger partial charge in [0.25, 0.3) is 0 Å². The summed E-state index contributed by atoms with van der Waals surface area (Å²) < 4.78 is 4.85. The number of ketones is 2. The molecule has 1 aromatic rings. The molecular formula is C12H10O5. The molecule has 5 nitrogen and oxygen atoms in total. The van der Waals surface area contributed by atoms with Crippen molar-refractivity contribution in [1.29, 1.82) is 0 Å². The molecule has 1 aliphatic rings. The second-order valence-electron chi connectivity index (χ2n) is 3.67. The molecule has 0 spiro atoms. The maximum absolute atomic E-state index is 12.0. The summed E-state index contributed by atoms with van der Waals surface area (Å²) in [4.78, 5) is 23.9. The molecule has 2 rings (SSSR count). The number of aromatic hydroxyl groups is 2. The summed E-state index contributed by atoms with van der Waals surface area (Å²) in [6.07, 6.45) is 0. The Morgan fingerprint density at radius 2 is 1.47 bits per heavy atom. The number of fused-ring (bicyclic) bond motifs is 1. The van der Waals surface area contributed by atoms with Gasteiger partial charge in [-0.15, -0.1) is 0 Å². The number of phenols is 2. The van der Waals surface area contributed by atoms with Crippen molar-refractivity contribution in [2.24, 2.45) is 0 Å². The van der Waals surface area contributed by atoms with E-state index in [1.54, 1.807) is 0 Å². The number of carbonyl (C=O) groups excluding carboxylic acids is 2. The molecule has 0 aliphatic heterocycles. The van der Waals surface area contributed by atoms with Gasteiger partial charge in [0.2, 0.25) is 5.78 Å². The third kappa shape index (κ3) is 1.39. The first-order chi connectivity index (χ1) is 7.99. The molecule has 0 aromatic heterocycles. The highest BCUT2D eigenvalue weighted by Gasteiger charge is 2.35. The van der Waals surface area contributed by atoms with Crippen molar-refractivity contribution in [1.82, 2.24) is 0 Å². The van der Waals surface area contributed by atoms with Crippen molar-refractivity contribution in [3.8, 4) is 11.5 Å². The molecular weight excluding hydrogens is 224 g/mol. The van der Waals surface area contributed by atoms with Crippen molar-refractivity contribution in [3.05, 3.63) is 34.6 Å². The second kappa shape index (κ2) is 3.62. The van der Waals surface area contributed by atoms with Gasteiger partial charge < -0.3 is 14.9 Å². The minimum atomic E-state index is -0.604. The van der Waals surface area contributed by atoms with E-state index in [1.165, 1.54) is 20.1 Å². The van der Waals surface area contributed by atoms with E-state index in [0.29, 0.717) is 0 Å². The van der Waals surface area contributed by atoms with Crippen LogP contribution in [0, 0.1) is 0 Å². The summed E-state index contributed by atoms with van der Waals surface area (Å²) in [7, 11) is 1.27. The molecule has 0 atom stereocenters. The van der Waals surface area contributed by atoms with E-state index < -0.39 is 11.6 Å². The van der Waals surface area contributed by atoms with Crippen LogP contribution in [0.25, 0.3) is 0 Å². The van der Waals surface area contributed by atoms with Gasteiger partial charge in [0.05, 0.1) is 18.2 Å². The highest BCUT2D eigenvalue weighted by molar-refractivity contribution is 6.27. The van der Waals surface area contributed by atoms with Crippen LogP contribution in [-0.4, -0.2) is 28.9 Å². The van der Waals surface area contributed by atoms with Crippen LogP contribution in [-0.2, 0) is 4.74 Å². The SMILES string of the molecule is COC1=C(C)C(=O)c2c(O)ccc(O)c2C1=O. The molecule has 1 aliphatic carbocycles. The molecule has 88 valence electrons. The van der Waals surface area contributed by atoms with Gasteiger partial charge in [-0.05, 0) is 19.1 Å². The highest BCUT2D eigenvalue weighted by atomic mass is 16.5. The quantitative estimate of drug-likeness (QED) is 0.717. The lowest BCUT2D eigenvalue weighted by Crippen LogP contribution is -2.22. The van der Waals surface area contributed by atoms with Crippen LogP contribution in [0.1, 0.15) is 27.6 Å². The molecule has 1 aromatic carbocycles. The van der Waals surface area contributed by atoms with Crippen LogP contribution in [0.5, 0.6) is 11.5 Å². The summed E-state index contributed by atoms with van der Waals surface area (Å²) in [5, 5.41) is 19.2. The minimum absolute atomic E-state index is 0.108. The number of ether oxygens (including phenoxy) is 1. The largest absolute Gasteiger partial charge is 0.507 e. The number of hydrogen-bond acceptors (Lipinski definition) is 5. The predicted molar refractivity (Wildman–Crippen MR) is 58.1 cm³/mol. The first-order valence-corrected chi connectivity index (χ1v) is 4.88. The summed E-state index contributed by atoms with van der Waals surface area (Å²) in [5.74, 6) is -1.91. The van der Waals surface area contributed by atoms with Crippen LogP contribution in [0.2, 0.25) is 0 Å². The first kappa shape index (κ1) is 11.2. The van der Waals surface area contributed by atoms with Gasteiger partial charge in [-0.25, -0.2) is 0 Å². The van der Waals surface area contributed by atoms with Gasteiger partial charge in [-0.2, -0.15) is 0 Å². The molecule has 0 saturated carbocycles. The predicted octanol–water partition coefficient (Wildman–Crippen LogP) is 1.40. The van der Waals surface area contributed by atoms with E-state index in [0.717, 1.165) is 6.07 Å². The van der Waals surface area contributed by atoms with E-state index >= 15 is 0 Å². The topological polar surface area (TPSA) is 83.8 Å². The first-order valence-electron chi connectivity index (χ1n) is 4.88. The second-order valence-corrected chi connectivity index (χ2v) is 3.67. The van der Waals surface area contributed by atoms with Gasteiger partial charge in [-0.3, -0.25) is 9.59 Å². The third-order valence-electron chi connectivity index (χ3n) is 2.71. The van der Waals surface area contributed by atoms with Gasteiger partial charge in [0.1, 0.15) is 11.5 Å². The van der Waals surface area contributed by atoms with Crippen molar-refractivity contribution in [2.75, 3.05) is 7.11 Å². The Hall–Kier alpha value is -2.30. The number of Topliss-reactive ketones (excluding diaryl/α,β-unsaturated/α-hetero) is 2. The zero-order chi connectivity index (χ0) is 12.7. The average molecular weight is 234 g/mol. The number of rotatable bonds is 1. The van der Waals surface area contributed by atoms with Crippen LogP contribution in [0.3, 0.4) is 0 Å². The lowest BCUT2D eigenvalue weighted by atomic mass is 9.87. The van der Waals surface area contributed by atoms with E-state index in [4.69, 9.17) is 4.74 Å². The zero-order valence-corrected chi connectivity index (χ0v) is 9.27. The van der Waals surface area contributed by atoms with E-state index in [9.17, 15) is 19.8 Å². The number of hydrogen-bond donors (Lipinski definition) is 2. The Labute approximate surface area is 97.0 Å². The van der Waals surface area contributed by atoms with Gasteiger partial charge >= 0.3 is 0 Å². The Morgan fingerprint density at radius 3 is 1.94 bits per heavy atom. The van der Waals surface area contributed by atoms with E-state index in [2.05, 4.69) is 0 Å². The number of methoxy groups -OCH3 is 1. The van der Waals surface area contributed by atoms with Crippen LogP contribution >= 0.6 is 0 Å². The minimum Gasteiger partial charge on any atom is -0.507 e. The third-order valence-corrected chi connectivity index (χ3v) is 2.71. The fraction of sp³-hybridized carbons (Fsp3) is 0.167. The van der Waals surface area contributed by atoms with Crippen molar-refractivity contribution >= 4 is 11.6 Å². The molecule has 5 heteroatoms. The van der Waals surface area contributed by atoms with Crippen LogP contribution in [0.15, 0.2) is 23.5 Å². The molecule has 0 radical (unpaired) electrons. The van der Waals surface area contributed by atoms with Gasteiger partial charge in [-0.1, -0.05) is 0 Å². The molecule has 0 unspecified atom stereocenters. The van der Waals surface area contributed by atoms with Gasteiger partial charge in [0, 0.05) is 5.57 Å². The molecule has 0 heterocycles. The lowest BCUT2D eigenvalue weighted by Gasteiger charge is -2.19. The van der Waals surface area contributed by atoms with Crippen molar-refractivity contribution in [3.63, 3.8) is 0 Å². The van der Waals surface area contributed by atoms with Crippen molar-refractivity contribution < 1.29 is 24.5 Å². The Balaban J connectivity index is 2.81. The fourth-order valence-electron chi connectivity index (χ4n) is 1.86. The highest BCUT2D eigenvalue weighted by Crippen LogP contribution is 2.36.